The van der Waals surface area contributed by atoms with Crippen molar-refractivity contribution >= 4 is 51.1 Å². The Hall–Kier alpha value is -3.49. The van der Waals surface area contributed by atoms with Crippen molar-refractivity contribution in [2.24, 2.45) is 0 Å². The molecule has 0 aliphatic carbocycles. The lowest BCUT2D eigenvalue weighted by Crippen LogP contribution is -2.26. The first-order chi connectivity index (χ1) is 15.0. The minimum absolute atomic E-state index is 0.186. The SMILES string of the molecule is Cc1cccc2nc(CNc3ncnc4nc[nH]c34)n(-c3c(Cl)cccc3Cl)c(=O)c12. The van der Waals surface area contributed by atoms with Crippen molar-refractivity contribution in [3.8, 4) is 5.69 Å². The van der Waals surface area contributed by atoms with Crippen LogP contribution in [-0.2, 0) is 6.54 Å². The Kier molecular flexibility index (Phi) is 4.80. The number of fused-ring (bicyclic) bond motifs is 2. The van der Waals surface area contributed by atoms with Gasteiger partial charge in [-0.05, 0) is 30.7 Å². The molecule has 0 fully saturated rings. The molecule has 0 saturated heterocycles. The third kappa shape index (κ3) is 3.30. The highest BCUT2D eigenvalue weighted by Gasteiger charge is 2.19. The van der Waals surface area contributed by atoms with Crippen LogP contribution in [0.25, 0.3) is 27.8 Å². The Bertz CT molecular complexity index is 1490. The molecular formula is C21H15Cl2N7O. The molecule has 2 aromatic carbocycles. The molecule has 31 heavy (non-hydrogen) atoms. The number of rotatable bonds is 4. The minimum Gasteiger partial charge on any atom is -0.361 e. The molecule has 10 heteroatoms. The van der Waals surface area contributed by atoms with Crippen LogP contribution in [0.5, 0.6) is 0 Å². The quantitative estimate of drug-likeness (QED) is 0.422. The lowest BCUT2D eigenvalue weighted by molar-refractivity contribution is 0.836. The van der Waals surface area contributed by atoms with Crippen molar-refractivity contribution in [2.45, 2.75) is 13.5 Å². The summed E-state index contributed by atoms with van der Waals surface area (Å²) in [7, 11) is 0. The van der Waals surface area contributed by atoms with Gasteiger partial charge in [-0.3, -0.25) is 9.36 Å². The Balaban J connectivity index is 1.71. The van der Waals surface area contributed by atoms with Crippen LogP contribution >= 0.6 is 23.2 Å². The highest BCUT2D eigenvalue weighted by atomic mass is 35.5. The molecule has 154 valence electrons. The van der Waals surface area contributed by atoms with E-state index in [1.165, 1.54) is 10.9 Å². The van der Waals surface area contributed by atoms with E-state index in [-0.39, 0.29) is 12.1 Å². The van der Waals surface area contributed by atoms with E-state index in [1.807, 2.05) is 25.1 Å². The van der Waals surface area contributed by atoms with E-state index in [9.17, 15) is 4.79 Å². The first-order valence-electron chi connectivity index (χ1n) is 9.38. The predicted octanol–water partition coefficient (Wildman–Crippen LogP) is 4.28. The molecule has 3 aromatic heterocycles. The van der Waals surface area contributed by atoms with E-state index >= 15 is 0 Å². The zero-order valence-corrected chi connectivity index (χ0v) is 17.7. The smallest absolute Gasteiger partial charge is 0.266 e. The normalized spacial score (nSPS) is 11.3. The van der Waals surface area contributed by atoms with Gasteiger partial charge in [0.2, 0.25) is 0 Å². The molecule has 0 unspecified atom stereocenters. The molecule has 0 radical (unpaired) electrons. The van der Waals surface area contributed by atoms with Gasteiger partial charge in [-0.15, -0.1) is 0 Å². The van der Waals surface area contributed by atoms with Crippen LogP contribution in [0, 0.1) is 6.92 Å². The fourth-order valence-electron chi connectivity index (χ4n) is 3.56. The number of hydrogen-bond acceptors (Lipinski definition) is 6. The number of anilines is 1. The number of aromatic amines is 1. The summed E-state index contributed by atoms with van der Waals surface area (Å²) in [6, 6.07) is 10.7. The Morgan fingerprint density at radius 1 is 1.06 bits per heavy atom. The fraction of sp³-hybridized carbons (Fsp3) is 0.0952. The first-order valence-corrected chi connectivity index (χ1v) is 10.1. The summed E-state index contributed by atoms with van der Waals surface area (Å²) in [6.07, 6.45) is 2.96. The Morgan fingerprint density at radius 3 is 2.65 bits per heavy atom. The molecule has 5 aromatic rings. The molecule has 2 N–H and O–H groups in total. The van der Waals surface area contributed by atoms with Crippen LogP contribution in [-0.4, -0.2) is 29.5 Å². The molecule has 0 bridgehead atoms. The van der Waals surface area contributed by atoms with E-state index in [2.05, 4.69) is 25.3 Å². The molecule has 3 heterocycles. The summed E-state index contributed by atoms with van der Waals surface area (Å²) < 4.78 is 1.46. The molecule has 0 aliphatic rings. The molecule has 8 nitrogen and oxygen atoms in total. The number of hydrogen-bond donors (Lipinski definition) is 2. The highest BCUT2D eigenvalue weighted by molar-refractivity contribution is 6.37. The van der Waals surface area contributed by atoms with Gasteiger partial charge in [0, 0.05) is 0 Å². The van der Waals surface area contributed by atoms with E-state index in [1.54, 1.807) is 24.5 Å². The zero-order chi connectivity index (χ0) is 21.5. The van der Waals surface area contributed by atoms with Crippen LogP contribution in [0.15, 0.2) is 53.8 Å². The van der Waals surface area contributed by atoms with E-state index in [4.69, 9.17) is 28.2 Å². The van der Waals surface area contributed by atoms with Gasteiger partial charge >= 0.3 is 0 Å². The summed E-state index contributed by atoms with van der Waals surface area (Å²) in [6.45, 7) is 2.06. The average Bonchev–Trinajstić information content (AvgIpc) is 3.23. The molecule has 0 aliphatic heterocycles. The van der Waals surface area contributed by atoms with Crippen LogP contribution in [0.1, 0.15) is 11.4 Å². The van der Waals surface area contributed by atoms with Gasteiger partial charge < -0.3 is 10.3 Å². The lowest BCUT2D eigenvalue weighted by atomic mass is 10.1. The molecule has 5 rings (SSSR count). The second-order valence-corrected chi connectivity index (χ2v) is 7.70. The van der Waals surface area contributed by atoms with Crippen molar-refractivity contribution in [3.05, 3.63) is 80.8 Å². The first kappa shape index (κ1) is 19.5. The van der Waals surface area contributed by atoms with Crippen LogP contribution in [0.3, 0.4) is 0 Å². The maximum absolute atomic E-state index is 13.6. The standard InChI is InChI=1S/C21H15Cl2N7O/c1-11-4-2-7-14-16(11)21(31)30(18-12(22)5-3-6-13(18)23)15(29-14)8-24-19-17-20(26-9-25-17)28-10-27-19/h2-7,9-10H,8H2,1H3,(H2,24,25,26,27,28). The van der Waals surface area contributed by atoms with Gasteiger partial charge in [0.15, 0.2) is 11.5 Å². The van der Waals surface area contributed by atoms with E-state index in [0.29, 0.717) is 49.4 Å². The maximum atomic E-state index is 13.6. The highest BCUT2D eigenvalue weighted by Crippen LogP contribution is 2.29. The number of aromatic nitrogens is 6. The maximum Gasteiger partial charge on any atom is 0.266 e. The molecular weight excluding hydrogens is 437 g/mol. The zero-order valence-electron chi connectivity index (χ0n) is 16.2. The summed E-state index contributed by atoms with van der Waals surface area (Å²) in [4.78, 5) is 33.9. The van der Waals surface area contributed by atoms with E-state index in [0.717, 1.165) is 5.56 Å². The third-order valence-corrected chi connectivity index (χ3v) is 5.58. The second-order valence-electron chi connectivity index (χ2n) is 6.88. The summed E-state index contributed by atoms with van der Waals surface area (Å²) >= 11 is 12.9. The van der Waals surface area contributed by atoms with Gasteiger partial charge in [0.05, 0.1) is 39.5 Å². The summed E-state index contributed by atoms with van der Waals surface area (Å²) in [5.41, 5.74) is 2.75. The molecule has 0 amide bonds. The van der Waals surface area contributed by atoms with Gasteiger partial charge in [0.25, 0.3) is 5.56 Å². The van der Waals surface area contributed by atoms with Gasteiger partial charge in [0.1, 0.15) is 17.7 Å². The fourth-order valence-corrected chi connectivity index (χ4v) is 4.12. The predicted molar refractivity (Wildman–Crippen MR) is 121 cm³/mol. The third-order valence-electron chi connectivity index (χ3n) is 4.97. The summed E-state index contributed by atoms with van der Waals surface area (Å²) in [5.74, 6) is 0.974. The van der Waals surface area contributed by atoms with Gasteiger partial charge in [-0.2, -0.15) is 0 Å². The number of para-hydroxylation sites is 1. The second kappa shape index (κ2) is 7.64. The van der Waals surface area contributed by atoms with Crippen molar-refractivity contribution in [2.75, 3.05) is 5.32 Å². The largest absolute Gasteiger partial charge is 0.361 e. The number of benzene rings is 2. The number of nitrogens with one attached hydrogen (secondary N) is 2. The Labute approximate surface area is 185 Å². The van der Waals surface area contributed by atoms with Crippen molar-refractivity contribution in [1.82, 2.24) is 29.5 Å². The topological polar surface area (TPSA) is 101 Å². The van der Waals surface area contributed by atoms with E-state index < -0.39 is 0 Å². The number of nitrogens with zero attached hydrogens (tertiary/aromatic N) is 5. The summed E-state index contributed by atoms with van der Waals surface area (Å²) in [5, 5.41) is 4.43. The number of H-pyrrole nitrogens is 1. The van der Waals surface area contributed by atoms with Gasteiger partial charge in [-0.1, -0.05) is 41.4 Å². The van der Waals surface area contributed by atoms with Crippen LogP contribution < -0.4 is 10.9 Å². The molecule has 0 atom stereocenters. The molecule has 0 spiro atoms. The van der Waals surface area contributed by atoms with Crippen LogP contribution in [0.4, 0.5) is 5.82 Å². The number of aryl methyl sites for hydroxylation is 1. The van der Waals surface area contributed by atoms with Gasteiger partial charge in [-0.25, -0.2) is 19.9 Å². The van der Waals surface area contributed by atoms with Crippen molar-refractivity contribution in [3.63, 3.8) is 0 Å². The van der Waals surface area contributed by atoms with Crippen molar-refractivity contribution < 1.29 is 0 Å². The number of halogens is 2. The average molecular weight is 452 g/mol. The van der Waals surface area contributed by atoms with Crippen molar-refractivity contribution in [1.29, 1.82) is 0 Å². The lowest BCUT2D eigenvalue weighted by Gasteiger charge is -2.17. The number of imidazole rings is 1. The van der Waals surface area contributed by atoms with Crippen LogP contribution in [0.2, 0.25) is 10.0 Å². The minimum atomic E-state index is -0.246. The Morgan fingerprint density at radius 2 is 1.84 bits per heavy atom. The molecule has 0 saturated carbocycles. The monoisotopic (exact) mass is 451 g/mol.